The third-order valence-electron chi connectivity index (χ3n) is 7.70. The van der Waals surface area contributed by atoms with Gasteiger partial charge in [0.05, 0.1) is 27.7 Å². The Kier molecular flexibility index (Phi) is 5.96. The number of rotatable bonds is 5. The number of halogens is 1. The summed E-state index contributed by atoms with van der Waals surface area (Å²) in [5.74, 6) is -1.27. The molecule has 5 heterocycles. The molecule has 200 valence electrons. The molecule has 0 aliphatic carbocycles. The summed E-state index contributed by atoms with van der Waals surface area (Å²) in [6.45, 7) is 1.66. The van der Waals surface area contributed by atoms with E-state index in [4.69, 9.17) is 16.6 Å². The lowest BCUT2D eigenvalue weighted by molar-refractivity contribution is 0.0695. The third-order valence-corrected chi connectivity index (χ3v) is 7.92. The summed E-state index contributed by atoms with van der Waals surface area (Å²) in [7, 11) is 7.71. The zero-order valence-electron chi connectivity index (χ0n) is 22.0. The Labute approximate surface area is 228 Å². The zero-order valence-corrected chi connectivity index (χ0v) is 22.8. The summed E-state index contributed by atoms with van der Waals surface area (Å²) in [6, 6.07) is 5.92. The van der Waals surface area contributed by atoms with E-state index in [9.17, 15) is 14.7 Å². The number of aromatic carboxylic acids is 1. The second-order valence-corrected chi connectivity index (χ2v) is 10.7. The molecule has 6 rings (SSSR count). The van der Waals surface area contributed by atoms with Crippen molar-refractivity contribution in [2.45, 2.75) is 12.5 Å². The van der Waals surface area contributed by atoms with Crippen molar-refractivity contribution in [3.05, 3.63) is 57.6 Å². The van der Waals surface area contributed by atoms with E-state index in [1.165, 1.54) is 6.20 Å². The number of aryl methyl sites for hydroxylation is 1. The third kappa shape index (κ3) is 3.98. The number of H-pyrrole nitrogens is 1. The summed E-state index contributed by atoms with van der Waals surface area (Å²) in [5.41, 5.74) is 4.53. The van der Waals surface area contributed by atoms with Crippen LogP contribution in [0.15, 0.2) is 41.6 Å². The van der Waals surface area contributed by atoms with Crippen LogP contribution in [-0.4, -0.2) is 75.8 Å². The minimum atomic E-state index is -1.27. The predicted molar refractivity (Wildman–Crippen MR) is 155 cm³/mol. The van der Waals surface area contributed by atoms with Gasteiger partial charge in [-0.2, -0.15) is 0 Å². The van der Waals surface area contributed by atoms with Gasteiger partial charge < -0.3 is 29.8 Å². The molecule has 0 bridgehead atoms. The minimum absolute atomic E-state index is 0.243. The van der Waals surface area contributed by atoms with Gasteiger partial charge in [0, 0.05) is 73.4 Å². The van der Waals surface area contributed by atoms with E-state index in [1.54, 1.807) is 30.1 Å². The van der Waals surface area contributed by atoms with E-state index >= 15 is 0 Å². The maximum absolute atomic E-state index is 13.1. The second kappa shape index (κ2) is 9.25. The van der Waals surface area contributed by atoms with Crippen LogP contribution in [0.25, 0.3) is 44.1 Å². The Bertz CT molecular complexity index is 1860. The number of nitrogens with zero attached hydrogens (tertiary/aromatic N) is 5. The van der Waals surface area contributed by atoms with Crippen LogP contribution >= 0.6 is 11.6 Å². The quantitative estimate of drug-likeness (QED) is 0.301. The Morgan fingerprint density at radius 2 is 2.00 bits per heavy atom. The Balaban J connectivity index is 1.67. The van der Waals surface area contributed by atoms with Gasteiger partial charge in [0.1, 0.15) is 16.9 Å². The molecular formula is C28H28ClN7O3. The number of likely N-dealkylation sites (N-methyl/N-ethyl adjacent to an activating group) is 1. The van der Waals surface area contributed by atoms with Gasteiger partial charge in [-0.05, 0) is 38.7 Å². The zero-order chi connectivity index (χ0) is 27.6. The number of nitrogens with one attached hydrogen (secondary N) is 2. The first kappa shape index (κ1) is 25.1. The molecule has 11 heteroatoms. The van der Waals surface area contributed by atoms with Gasteiger partial charge >= 0.3 is 5.97 Å². The number of aromatic nitrogens is 4. The van der Waals surface area contributed by atoms with Gasteiger partial charge in [-0.15, -0.1) is 0 Å². The molecule has 1 fully saturated rings. The first-order valence-corrected chi connectivity index (χ1v) is 13.0. The van der Waals surface area contributed by atoms with Crippen molar-refractivity contribution in [2.75, 3.05) is 44.4 Å². The number of fused-ring (bicyclic) bond motifs is 4. The molecule has 1 unspecified atom stereocenters. The Morgan fingerprint density at radius 3 is 2.69 bits per heavy atom. The lowest BCUT2D eigenvalue weighted by Crippen LogP contribution is -2.31. The fraction of sp³-hybridized carbons (Fsp3) is 0.286. The predicted octanol–water partition coefficient (Wildman–Crippen LogP) is 4.16. The van der Waals surface area contributed by atoms with Gasteiger partial charge in [-0.25, -0.2) is 14.8 Å². The van der Waals surface area contributed by atoms with Crippen molar-refractivity contribution in [3.63, 3.8) is 0 Å². The molecule has 1 aliphatic rings. The molecule has 1 saturated heterocycles. The van der Waals surface area contributed by atoms with Crippen molar-refractivity contribution in [2.24, 2.45) is 7.05 Å². The largest absolute Gasteiger partial charge is 0.477 e. The Morgan fingerprint density at radius 1 is 1.21 bits per heavy atom. The van der Waals surface area contributed by atoms with E-state index < -0.39 is 11.4 Å². The minimum Gasteiger partial charge on any atom is -0.477 e. The van der Waals surface area contributed by atoms with Crippen LogP contribution < -0.4 is 15.6 Å². The molecule has 0 spiro atoms. The standard InChI is InChI=1S/C28H28ClN7O3/c1-30-21-9-15(29)8-17-22-24(36-6-5-16(12-36)34(2)3)19(11-31-26(22)33-23(17)21)14-7-18-25(37)20(28(38)39)13-35(4)27(18)32-10-14/h7-11,13,16,30H,5-6,12H2,1-4H3,(H,31,33)(H,38,39). The average molecular weight is 546 g/mol. The van der Waals surface area contributed by atoms with E-state index in [0.717, 1.165) is 58.4 Å². The normalized spacial score (nSPS) is 15.7. The highest BCUT2D eigenvalue weighted by Crippen LogP contribution is 2.43. The molecule has 39 heavy (non-hydrogen) atoms. The number of anilines is 2. The van der Waals surface area contributed by atoms with Crippen molar-refractivity contribution >= 4 is 61.9 Å². The van der Waals surface area contributed by atoms with E-state index in [0.29, 0.717) is 22.3 Å². The molecular weight excluding hydrogens is 518 g/mol. The summed E-state index contributed by atoms with van der Waals surface area (Å²) < 4.78 is 1.56. The second-order valence-electron chi connectivity index (χ2n) is 10.2. The number of carboxylic acids is 1. The molecule has 0 radical (unpaired) electrons. The van der Waals surface area contributed by atoms with Gasteiger partial charge in [0.2, 0.25) is 5.43 Å². The lowest BCUT2D eigenvalue weighted by atomic mass is 10.0. The summed E-state index contributed by atoms with van der Waals surface area (Å²) >= 11 is 6.54. The maximum Gasteiger partial charge on any atom is 0.341 e. The van der Waals surface area contributed by atoms with Crippen LogP contribution in [0.1, 0.15) is 16.8 Å². The number of benzene rings is 1. The number of hydrogen-bond donors (Lipinski definition) is 3. The number of carbonyl (C=O) groups is 1. The van der Waals surface area contributed by atoms with Gasteiger partial charge in [-0.1, -0.05) is 11.6 Å². The van der Waals surface area contributed by atoms with Crippen molar-refractivity contribution in [1.82, 2.24) is 24.4 Å². The fourth-order valence-electron chi connectivity index (χ4n) is 5.68. The number of hydrogen-bond acceptors (Lipinski definition) is 7. The highest BCUT2D eigenvalue weighted by Gasteiger charge is 2.29. The highest BCUT2D eigenvalue weighted by molar-refractivity contribution is 6.33. The van der Waals surface area contributed by atoms with Gasteiger partial charge in [0.25, 0.3) is 0 Å². The van der Waals surface area contributed by atoms with Gasteiger partial charge in [0.15, 0.2) is 0 Å². The van der Waals surface area contributed by atoms with Crippen LogP contribution in [0.4, 0.5) is 11.4 Å². The Hall–Kier alpha value is -4.15. The smallest absolute Gasteiger partial charge is 0.341 e. The van der Waals surface area contributed by atoms with Crippen LogP contribution in [0, 0.1) is 0 Å². The van der Waals surface area contributed by atoms with Crippen molar-refractivity contribution in [3.8, 4) is 11.1 Å². The number of carboxylic acid groups (broad SMARTS) is 1. The molecule has 0 amide bonds. The monoisotopic (exact) mass is 545 g/mol. The number of pyridine rings is 3. The van der Waals surface area contributed by atoms with E-state index in [2.05, 4.69) is 39.2 Å². The molecule has 4 aromatic heterocycles. The van der Waals surface area contributed by atoms with E-state index in [1.807, 2.05) is 19.2 Å². The highest BCUT2D eigenvalue weighted by atomic mass is 35.5. The van der Waals surface area contributed by atoms with Crippen molar-refractivity contribution < 1.29 is 9.90 Å². The van der Waals surface area contributed by atoms with Crippen LogP contribution in [-0.2, 0) is 7.05 Å². The SMILES string of the molecule is CNc1cc(Cl)cc2c1[nH]c1ncc(-c3cnc4c(c3)c(=O)c(C(=O)O)cn4C)c(N3CCC(N(C)C)C3)c12. The van der Waals surface area contributed by atoms with E-state index in [-0.39, 0.29) is 10.9 Å². The summed E-state index contributed by atoms with van der Waals surface area (Å²) in [5, 5.41) is 15.5. The maximum atomic E-state index is 13.1. The van der Waals surface area contributed by atoms with Crippen molar-refractivity contribution in [1.29, 1.82) is 0 Å². The molecule has 3 N–H and O–H groups in total. The van der Waals surface area contributed by atoms with Crippen LogP contribution in [0.5, 0.6) is 0 Å². The molecule has 10 nitrogen and oxygen atoms in total. The molecule has 1 atom stereocenters. The topological polar surface area (TPSA) is 119 Å². The van der Waals surface area contributed by atoms with Crippen LogP contribution in [0.3, 0.4) is 0 Å². The lowest BCUT2D eigenvalue weighted by Gasteiger charge is -2.25. The number of aromatic amines is 1. The fourth-order valence-corrected chi connectivity index (χ4v) is 5.89. The van der Waals surface area contributed by atoms with Gasteiger partial charge in [-0.3, -0.25) is 4.79 Å². The van der Waals surface area contributed by atoms with Crippen LogP contribution in [0.2, 0.25) is 5.02 Å². The molecule has 5 aromatic rings. The molecule has 0 saturated carbocycles. The molecule has 1 aliphatic heterocycles. The molecule has 1 aromatic carbocycles. The summed E-state index contributed by atoms with van der Waals surface area (Å²) in [4.78, 5) is 42.3. The first-order valence-electron chi connectivity index (χ1n) is 12.6. The average Bonchev–Trinajstić information content (AvgIpc) is 3.55. The summed E-state index contributed by atoms with van der Waals surface area (Å²) in [6.07, 6.45) is 5.82. The first-order chi connectivity index (χ1) is 18.7.